The Morgan fingerprint density at radius 1 is 1.14 bits per heavy atom. The van der Waals surface area contributed by atoms with Crippen LogP contribution in [-0.4, -0.2) is 48.2 Å². The topological polar surface area (TPSA) is 47.2 Å². The number of rotatable bonds is 7. The highest BCUT2D eigenvalue weighted by molar-refractivity contribution is 5.48. The highest BCUT2D eigenvalue weighted by Crippen LogP contribution is 2.18. The maximum Gasteiger partial charge on any atom is 0.120 e. The average molecular weight is 380 g/mol. The minimum atomic E-state index is 0.458. The van der Waals surface area contributed by atoms with Crippen molar-refractivity contribution >= 4 is 5.69 Å². The summed E-state index contributed by atoms with van der Waals surface area (Å²) in [5.74, 6) is 0. The zero-order valence-electron chi connectivity index (χ0n) is 17.7. The van der Waals surface area contributed by atoms with Crippen LogP contribution in [0, 0.1) is 25.2 Å². The van der Waals surface area contributed by atoms with Gasteiger partial charge in [0, 0.05) is 57.2 Å². The molecule has 2 heterocycles. The maximum absolute atomic E-state index is 9.17. The van der Waals surface area contributed by atoms with E-state index in [1.165, 1.54) is 22.5 Å². The third kappa shape index (κ3) is 4.95. The first-order valence-corrected chi connectivity index (χ1v) is 10.3. The molecular weight excluding hydrogens is 346 g/mol. The summed E-state index contributed by atoms with van der Waals surface area (Å²) < 4.78 is 1.97. The molecule has 1 aliphatic rings. The van der Waals surface area contributed by atoms with Crippen molar-refractivity contribution in [2.75, 3.05) is 37.6 Å². The quantitative estimate of drug-likeness (QED) is 0.802. The average Bonchev–Trinajstić information content (AvgIpc) is 2.99. The van der Waals surface area contributed by atoms with Crippen LogP contribution in [0.3, 0.4) is 0 Å². The van der Waals surface area contributed by atoms with Gasteiger partial charge in [-0.2, -0.15) is 5.26 Å². The number of hydrogen-bond donors (Lipinski definition) is 1. The van der Waals surface area contributed by atoms with Gasteiger partial charge in [0.15, 0.2) is 0 Å². The van der Waals surface area contributed by atoms with Crippen molar-refractivity contribution in [1.82, 2.24) is 14.8 Å². The SMILES string of the molecule is Cc1cccc(N2CCN(CC[C@@H](C)NCc3cc(C#N)n(C)c3C)CC2)c1. The lowest BCUT2D eigenvalue weighted by Crippen LogP contribution is -2.47. The minimum Gasteiger partial charge on any atom is -0.369 e. The molecule has 1 aromatic heterocycles. The Bertz CT molecular complexity index is 824. The Morgan fingerprint density at radius 2 is 1.89 bits per heavy atom. The number of nitrogens with one attached hydrogen (secondary N) is 1. The molecule has 0 spiro atoms. The van der Waals surface area contributed by atoms with E-state index in [0.29, 0.717) is 6.04 Å². The molecule has 1 aromatic carbocycles. The fraction of sp³-hybridized carbons (Fsp3) is 0.522. The van der Waals surface area contributed by atoms with Gasteiger partial charge in [0.05, 0.1) is 0 Å². The van der Waals surface area contributed by atoms with E-state index < -0.39 is 0 Å². The van der Waals surface area contributed by atoms with Crippen LogP contribution in [0.4, 0.5) is 5.69 Å². The number of piperazine rings is 1. The van der Waals surface area contributed by atoms with Gasteiger partial charge in [-0.05, 0) is 63.1 Å². The van der Waals surface area contributed by atoms with Gasteiger partial charge < -0.3 is 14.8 Å². The van der Waals surface area contributed by atoms with E-state index in [0.717, 1.165) is 51.4 Å². The molecule has 1 N–H and O–H groups in total. The zero-order valence-corrected chi connectivity index (χ0v) is 17.7. The van der Waals surface area contributed by atoms with Crippen LogP contribution in [0.15, 0.2) is 30.3 Å². The van der Waals surface area contributed by atoms with Gasteiger partial charge in [-0.15, -0.1) is 0 Å². The van der Waals surface area contributed by atoms with Gasteiger partial charge in [-0.25, -0.2) is 0 Å². The van der Waals surface area contributed by atoms with Gasteiger partial charge in [0.1, 0.15) is 11.8 Å². The first kappa shape index (κ1) is 20.4. The molecule has 3 rings (SSSR count). The normalized spacial score (nSPS) is 16.2. The Kier molecular flexibility index (Phi) is 6.77. The lowest BCUT2D eigenvalue weighted by molar-refractivity contribution is 0.244. The third-order valence-electron chi connectivity index (χ3n) is 6.01. The van der Waals surface area contributed by atoms with E-state index in [2.05, 4.69) is 66.2 Å². The van der Waals surface area contributed by atoms with Crippen LogP contribution in [0.1, 0.15) is 35.9 Å². The zero-order chi connectivity index (χ0) is 20.1. The van der Waals surface area contributed by atoms with Crippen LogP contribution in [0.25, 0.3) is 0 Å². The summed E-state index contributed by atoms with van der Waals surface area (Å²) in [6.45, 7) is 12.9. The number of hydrogen-bond acceptors (Lipinski definition) is 4. The van der Waals surface area contributed by atoms with Crippen molar-refractivity contribution in [3.63, 3.8) is 0 Å². The lowest BCUT2D eigenvalue weighted by atomic mass is 10.1. The first-order chi connectivity index (χ1) is 13.5. The van der Waals surface area contributed by atoms with Crippen LogP contribution in [-0.2, 0) is 13.6 Å². The summed E-state index contributed by atoms with van der Waals surface area (Å²) in [6, 6.07) is 13.5. The fourth-order valence-corrected chi connectivity index (χ4v) is 3.87. The summed E-state index contributed by atoms with van der Waals surface area (Å²) in [5, 5.41) is 12.8. The van der Waals surface area contributed by atoms with Crippen molar-refractivity contribution < 1.29 is 0 Å². The second kappa shape index (κ2) is 9.27. The van der Waals surface area contributed by atoms with E-state index in [1.54, 1.807) is 0 Å². The molecular formula is C23H33N5. The predicted molar refractivity (Wildman–Crippen MR) is 116 cm³/mol. The Hall–Kier alpha value is -2.29. The minimum absolute atomic E-state index is 0.458. The van der Waals surface area contributed by atoms with Gasteiger partial charge in [0.25, 0.3) is 0 Å². The van der Waals surface area contributed by atoms with Crippen LogP contribution in [0.2, 0.25) is 0 Å². The van der Waals surface area contributed by atoms with E-state index in [4.69, 9.17) is 5.26 Å². The molecule has 0 unspecified atom stereocenters. The number of nitriles is 1. The number of benzene rings is 1. The molecule has 5 heteroatoms. The largest absolute Gasteiger partial charge is 0.369 e. The second-order valence-corrected chi connectivity index (χ2v) is 8.05. The molecule has 1 atom stereocenters. The van der Waals surface area contributed by atoms with E-state index in [9.17, 15) is 0 Å². The molecule has 5 nitrogen and oxygen atoms in total. The molecule has 2 aromatic rings. The number of nitrogens with zero attached hydrogens (tertiary/aromatic N) is 4. The summed E-state index contributed by atoms with van der Waals surface area (Å²) in [6.07, 6.45) is 1.14. The van der Waals surface area contributed by atoms with E-state index in [-0.39, 0.29) is 0 Å². The Labute approximate surface area is 169 Å². The highest BCUT2D eigenvalue weighted by Gasteiger charge is 2.18. The number of aryl methyl sites for hydroxylation is 1. The Morgan fingerprint density at radius 3 is 2.54 bits per heavy atom. The lowest BCUT2D eigenvalue weighted by Gasteiger charge is -2.36. The fourth-order valence-electron chi connectivity index (χ4n) is 3.87. The molecule has 0 bridgehead atoms. The van der Waals surface area contributed by atoms with Crippen molar-refractivity contribution in [3.05, 3.63) is 52.8 Å². The monoisotopic (exact) mass is 379 g/mol. The van der Waals surface area contributed by atoms with E-state index in [1.807, 2.05) is 17.7 Å². The van der Waals surface area contributed by atoms with Crippen molar-refractivity contribution in [2.45, 2.75) is 39.8 Å². The van der Waals surface area contributed by atoms with Crippen LogP contribution >= 0.6 is 0 Å². The van der Waals surface area contributed by atoms with Gasteiger partial charge in [-0.1, -0.05) is 12.1 Å². The van der Waals surface area contributed by atoms with Crippen molar-refractivity contribution in [2.24, 2.45) is 7.05 Å². The maximum atomic E-state index is 9.17. The van der Waals surface area contributed by atoms with Crippen molar-refractivity contribution in [3.8, 4) is 6.07 Å². The summed E-state index contributed by atoms with van der Waals surface area (Å²) >= 11 is 0. The molecule has 28 heavy (non-hydrogen) atoms. The molecule has 0 aliphatic carbocycles. The Balaban J connectivity index is 1.40. The van der Waals surface area contributed by atoms with Gasteiger partial charge in [0.2, 0.25) is 0 Å². The predicted octanol–water partition coefficient (Wildman–Crippen LogP) is 3.20. The summed E-state index contributed by atoms with van der Waals surface area (Å²) in [4.78, 5) is 5.07. The molecule has 1 aliphatic heterocycles. The molecule has 1 saturated heterocycles. The smallest absolute Gasteiger partial charge is 0.120 e. The second-order valence-electron chi connectivity index (χ2n) is 8.05. The highest BCUT2D eigenvalue weighted by atomic mass is 15.3. The van der Waals surface area contributed by atoms with Crippen molar-refractivity contribution in [1.29, 1.82) is 5.26 Å². The molecule has 0 radical (unpaired) electrons. The van der Waals surface area contributed by atoms with Gasteiger partial charge >= 0.3 is 0 Å². The molecule has 150 valence electrons. The standard InChI is InChI=1S/C23H33N5/c1-18-6-5-7-22(14-18)28-12-10-27(11-13-28)9-8-19(2)25-17-21-15-23(16-24)26(4)20(21)3/h5-7,14-15,19,25H,8-13,17H2,1-4H3/t19-/m1/s1. The van der Waals surface area contributed by atoms with Crippen LogP contribution in [0.5, 0.6) is 0 Å². The molecule has 0 saturated carbocycles. The summed E-state index contributed by atoms with van der Waals surface area (Å²) in [7, 11) is 1.96. The third-order valence-corrected chi connectivity index (χ3v) is 6.01. The van der Waals surface area contributed by atoms with Crippen LogP contribution < -0.4 is 10.2 Å². The van der Waals surface area contributed by atoms with E-state index >= 15 is 0 Å². The first-order valence-electron chi connectivity index (χ1n) is 10.3. The molecule has 1 fully saturated rings. The number of aromatic nitrogens is 1. The molecule has 0 amide bonds. The summed E-state index contributed by atoms with van der Waals surface area (Å²) in [5.41, 5.74) is 5.80. The number of anilines is 1. The van der Waals surface area contributed by atoms with Gasteiger partial charge in [-0.3, -0.25) is 4.90 Å².